The first-order chi connectivity index (χ1) is 11.5. The fourth-order valence-electron chi connectivity index (χ4n) is 2.33. The van der Waals surface area contributed by atoms with Crippen molar-refractivity contribution in [2.75, 3.05) is 20.8 Å². The lowest BCUT2D eigenvalue weighted by molar-refractivity contribution is 0.237. The Labute approximate surface area is 146 Å². The molecular formula is C17H23N3O3S. The quantitative estimate of drug-likeness (QED) is 0.806. The van der Waals surface area contributed by atoms with E-state index in [4.69, 9.17) is 9.47 Å². The average Bonchev–Trinajstić information content (AvgIpc) is 2.99. The monoisotopic (exact) mass is 349 g/mol. The number of carbonyl (C=O) groups excluding carboxylic acids is 1. The van der Waals surface area contributed by atoms with E-state index in [-0.39, 0.29) is 12.1 Å². The summed E-state index contributed by atoms with van der Waals surface area (Å²) < 4.78 is 10.6. The van der Waals surface area contributed by atoms with Crippen LogP contribution in [0.3, 0.4) is 0 Å². The first-order valence-electron chi connectivity index (χ1n) is 7.70. The number of methoxy groups -OCH3 is 2. The summed E-state index contributed by atoms with van der Waals surface area (Å²) in [5.74, 6) is 1.43. The van der Waals surface area contributed by atoms with E-state index in [0.29, 0.717) is 18.7 Å². The molecule has 6 nitrogen and oxygen atoms in total. The van der Waals surface area contributed by atoms with Gasteiger partial charge in [-0.3, -0.25) is 0 Å². The van der Waals surface area contributed by atoms with Gasteiger partial charge < -0.3 is 20.1 Å². The van der Waals surface area contributed by atoms with Gasteiger partial charge in [0.2, 0.25) is 0 Å². The Hall–Kier alpha value is -2.28. The Morgan fingerprint density at radius 1 is 1.33 bits per heavy atom. The van der Waals surface area contributed by atoms with E-state index in [1.54, 1.807) is 25.6 Å². The van der Waals surface area contributed by atoms with Crippen LogP contribution >= 0.6 is 11.3 Å². The predicted molar refractivity (Wildman–Crippen MR) is 95.1 cm³/mol. The highest BCUT2D eigenvalue weighted by molar-refractivity contribution is 7.09. The van der Waals surface area contributed by atoms with Gasteiger partial charge in [-0.1, -0.05) is 0 Å². The minimum atomic E-state index is -0.223. The van der Waals surface area contributed by atoms with Crippen LogP contribution < -0.4 is 20.1 Å². The second kappa shape index (κ2) is 8.54. The third-order valence-electron chi connectivity index (χ3n) is 3.58. The number of hydrogen-bond acceptors (Lipinski definition) is 5. The number of thiazole rings is 1. The third kappa shape index (κ3) is 4.86. The molecule has 0 fully saturated rings. The van der Waals surface area contributed by atoms with Gasteiger partial charge in [0, 0.05) is 23.9 Å². The number of rotatable bonds is 7. The molecule has 1 heterocycles. The zero-order chi connectivity index (χ0) is 17.5. The van der Waals surface area contributed by atoms with E-state index in [1.165, 1.54) is 0 Å². The van der Waals surface area contributed by atoms with Gasteiger partial charge in [0.1, 0.15) is 11.5 Å². The van der Waals surface area contributed by atoms with Crippen LogP contribution in [0.4, 0.5) is 4.79 Å². The van der Waals surface area contributed by atoms with Crippen molar-refractivity contribution in [1.82, 2.24) is 15.6 Å². The van der Waals surface area contributed by atoms with Crippen LogP contribution in [0, 0.1) is 6.92 Å². The largest absolute Gasteiger partial charge is 0.497 e. The third-order valence-corrected chi connectivity index (χ3v) is 4.41. The van der Waals surface area contributed by atoms with Gasteiger partial charge in [-0.05, 0) is 32.0 Å². The lowest BCUT2D eigenvalue weighted by atomic mass is 10.1. The fourth-order valence-corrected chi connectivity index (χ4v) is 2.98. The van der Waals surface area contributed by atoms with Gasteiger partial charge in [-0.25, -0.2) is 9.78 Å². The molecule has 0 aliphatic rings. The molecule has 0 bridgehead atoms. The molecule has 1 aromatic carbocycles. The Morgan fingerprint density at radius 3 is 2.75 bits per heavy atom. The van der Waals surface area contributed by atoms with E-state index in [1.807, 2.05) is 37.4 Å². The fraction of sp³-hybridized carbons (Fsp3) is 0.412. The SMILES string of the molecule is COc1ccc(OC)c([C@H](C)NC(=O)NCCc2csc(C)n2)c1. The number of hydrogen-bond donors (Lipinski definition) is 2. The van der Waals surface area contributed by atoms with Crippen LogP contribution in [0.1, 0.15) is 29.2 Å². The first-order valence-corrected chi connectivity index (χ1v) is 8.58. The Balaban J connectivity index is 1.88. The number of nitrogens with zero attached hydrogens (tertiary/aromatic N) is 1. The number of carbonyl (C=O) groups is 1. The molecule has 2 N–H and O–H groups in total. The van der Waals surface area contributed by atoms with Gasteiger partial charge in [0.25, 0.3) is 0 Å². The maximum Gasteiger partial charge on any atom is 0.315 e. The van der Waals surface area contributed by atoms with Gasteiger partial charge in [0.15, 0.2) is 0 Å². The number of benzene rings is 1. The molecule has 0 saturated carbocycles. The van der Waals surface area contributed by atoms with Gasteiger partial charge in [-0.15, -0.1) is 11.3 Å². The molecule has 0 aliphatic carbocycles. The second-order valence-electron chi connectivity index (χ2n) is 5.34. The summed E-state index contributed by atoms with van der Waals surface area (Å²) in [5, 5.41) is 8.81. The summed E-state index contributed by atoms with van der Waals surface area (Å²) >= 11 is 1.61. The van der Waals surface area contributed by atoms with Crippen molar-refractivity contribution in [3.8, 4) is 11.5 Å². The summed E-state index contributed by atoms with van der Waals surface area (Å²) in [5.41, 5.74) is 1.86. The number of urea groups is 1. The Morgan fingerprint density at radius 2 is 2.12 bits per heavy atom. The van der Waals surface area contributed by atoms with Gasteiger partial charge >= 0.3 is 6.03 Å². The molecular weight excluding hydrogens is 326 g/mol. The number of ether oxygens (including phenoxy) is 2. The summed E-state index contributed by atoms with van der Waals surface area (Å²) in [7, 11) is 3.21. The van der Waals surface area contributed by atoms with E-state index in [0.717, 1.165) is 22.0 Å². The van der Waals surface area contributed by atoms with Crippen molar-refractivity contribution < 1.29 is 14.3 Å². The maximum absolute atomic E-state index is 12.1. The van der Waals surface area contributed by atoms with Gasteiger partial charge in [-0.2, -0.15) is 0 Å². The van der Waals surface area contributed by atoms with E-state index in [2.05, 4.69) is 15.6 Å². The van der Waals surface area contributed by atoms with Crippen molar-refractivity contribution in [2.45, 2.75) is 26.3 Å². The van der Waals surface area contributed by atoms with Crippen molar-refractivity contribution in [1.29, 1.82) is 0 Å². The molecule has 24 heavy (non-hydrogen) atoms. The average molecular weight is 349 g/mol. The molecule has 0 saturated heterocycles. The molecule has 2 aromatic rings. The number of aryl methyl sites for hydroxylation is 1. The minimum Gasteiger partial charge on any atom is -0.497 e. The van der Waals surface area contributed by atoms with Crippen molar-refractivity contribution in [3.63, 3.8) is 0 Å². The second-order valence-corrected chi connectivity index (χ2v) is 6.40. The molecule has 130 valence electrons. The van der Waals surface area contributed by atoms with Crippen LogP contribution in [-0.2, 0) is 6.42 Å². The molecule has 2 rings (SSSR count). The van der Waals surface area contributed by atoms with E-state index < -0.39 is 0 Å². The van der Waals surface area contributed by atoms with Crippen LogP contribution in [0.15, 0.2) is 23.6 Å². The number of aromatic nitrogens is 1. The maximum atomic E-state index is 12.1. The normalized spacial score (nSPS) is 11.7. The molecule has 1 atom stereocenters. The first kappa shape index (κ1) is 18.1. The number of nitrogens with one attached hydrogen (secondary N) is 2. The van der Waals surface area contributed by atoms with Crippen LogP contribution in [0.2, 0.25) is 0 Å². The molecule has 2 amide bonds. The Kier molecular flexibility index (Phi) is 6.43. The highest BCUT2D eigenvalue weighted by atomic mass is 32.1. The van der Waals surface area contributed by atoms with Crippen LogP contribution in [0.5, 0.6) is 11.5 Å². The number of amides is 2. The van der Waals surface area contributed by atoms with Crippen molar-refractivity contribution in [3.05, 3.63) is 39.8 Å². The molecule has 7 heteroatoms. The zero-order valence-corrected chi connectivity index (χ0v) is 15.2. The van der Waals surface area contributed by atoms with E-state index >= 15 is 0 Å². The highest BCUT2D eigenvalue weighted by Crippen LogP contribution is 2.29. The lowest BCUT2D eigenvalue weighted by Gasteiger charge is -2.18. The standard InChI is InChI=1S/C17H23N3O3S/c1-11(15-9-14(22-3)5-6-16(15)23-4)19-17(21)18-8-7-13-10-24-12(2)20-13/h5-6,9-11H,7-8H2,1-4H3,(H2,18,19,21)/t11-/m0/s1. The van der Waals surface area contributed by atoms with E-state index in [9.17, 15) is 4.79 Å². The molecule has 0 spiro atoms. The van der Waals surface area contributed by atoms with Crippen LogP contribution in [-0.4, -0.2) is 31.8 Å². The molecule has 0 unspecified atom stereocenters. The summed E-state index contributed by atoms with van der Waals surface area (Å²) in [4.78, 5) is 16.4. The highest BCUT2D eigenvalue weighted by Gasteiger charge is 2.15. The molecule has 1 aromatic heterocycles. The van der Waals surface area contributed by atoms with Crippen molar-refractivity contribution in [2.24, 2.45) is 0 Å². The smallest absolute Gasteiger partial charge is 0.315 e. The van der Waals surface area contributed by atoms with Crippen molar-refractivity contribution >= 4 is 17.4 Å². The molecule has 0 radical (unpaired) electrons. The summed E-state index contributed by atoms with van der Waals surface area (Å²) in [6, 6.07) is 5.08. The Bertz CT molecular complexity index is 687. The van der Waals surface area contributed by atoms with Gasteiger partial charge in [0.05, 0.1) is 31.0 Å². The minimum absolute atomic E-state index is 0.212. The predicted octanol–water partition coefficient (Wildman–Crippen LogP) is 3.07. The summed E-state index contributed by atoms with van der Waals surface area (Å²) in [6.45, 7) is 4.41. The topological polar surface area (TPSA) is 72.5 Å². The summed E-state index contributed by atoms with van der Waals surface area (Å²) in [6.07, 6.45) is 0.717. The lowest BCUT2D eigenvalue weighted by Crippen LogP contribution is -2.38. The molecule has 0 aliphatic heterocycles. The van der Waals surface area contributed by atoms with Crippen LogP contribution in [0.25, 0.3) is 0 Å². The zero-order valence-electron chi connectivity index (χ0n) is 14.4.